The van der Waals surface area contributed by atoms with Gasteiger partial charge in [-0.15, -0.1) is 0 Å². The molecule has 26 heavy (non-hydrogen) atoms. The van der Waals surface area contributed by atoms with E-state index in [-0.39, 0.29) is 17.4 Å². The molecule has 0 aromatic heterocycles. The minimum atomic E-state index is -3.67. The Balaban J connectivity index is 3.18. The predicted octanol–water partition coefficient (Wildman–Crippen LogP) is 3.45. The van der Waals surface area contributed by atoms with Crippen molar-refractivity contribution in [3.63, 3.8) is 0 Å². The fourth-order valence-electron chi connectivity index (χ4n) is 2.44. The number of hydrogen-bond acceptors (Lipinski definition) is 5. The lowest BCUT2D eigenvalue weighted by Crippen LogP contribution is -2.41. The molecule has 0 fully saturated rings. The van der Waals surface area contributed by atoms with E-state index in [1.54, 1.807) is 17.0 Å². The summed E-state index contributed by atoms with van der Waals surface area (Å²) in [7, 11) is -2.22. The third-order valence-electron chi connectivity index (χ3n) is 3.69. The predicted molar refractivity (Wildman–Crippen MR) is 103 cm³/mol. The summed E-state index contributed by atoms with van der Waals surface area (Å²) < 4.78 is 34.0. The molecule has 0 saturated heterocycles. The summed E-state index contributed by atoms with van der Waals surface area (Å²) in [5.74, 6) is 0.701. The van der Waals surface area contributed by atoms with Gasteiger partial charge in [0.2, 0.25) is 5.91 Å². The number of carbonyl (C=O) groups is 1. The van der Waals surface area contributed by atoms with Crippen LogP contribution < -0.4 is 8.92 Å². The maximum absolute atomic E-state index is 12.8. The van der Waals surface area contributed by atoms with Crippen molar-refractivity contribution in [1.82, 2.24) is 4.90 Å². The molecule has 0 spiro atoms. The molecular formula is C19H31NO5S. The largest absolute Gasteiger partial charge is 0.493 e. The highest BCUT2D eigenvalue weighted by Crippen LogP contribution is 2.30. The molecule has 1 rings (SSSR count). The van der Waals surface area contributed by atoms with Gasteiger partial charge in [0.1, 0.15) is 0 Å². The Kier molecular flexibility index (Phi) is 7.50. The lowest BCUT2D eigenvalue weighted by Gasteiger charge is -2.31. The van der Waals surface area contributed by atoms with Gasteiger partial charge in [-0.3, -0.25) is 4.79 Å². The molecule has 0 saturated carbocycles. The second kappa shape index (κ2) is 8.75. The van der Waals surface area contributed by atoms with Crippen LogP contribution in [0.3, 0.4) is 0 Å². The molecule has 7 heteroatoms. The minimum Gasteiger partial charge on any atom is -0.493 e. The highest BCUT2D eigenvalue weighted by atomic mass is 32.2. The van der Waals surface area contributed by atoms with Crippen molar-refractivity contribution < 1.29 is 22.1 Å². The smallest absolute Gasteiger partial charge is 0.309 e. The van der Waals surface area contributed by atoms with Crippen LogP contribution in [0.1, 0.15) is 47.1 Å². The maximum Gasteiger partial charge on any atom is 0.309 e. The lowest BCUT2D eigenvalue weighted by atomic mass is 9.94. The maximum atomic E-state index is 12.8. The Bertz CT molecular complexity index is 720. The van der Waals surface area contributed by atoms with Crippen LogP contribution in [0.25, 0.3) is 0 Å². The number of benzene rings is 1. The van der Waals surface area contributed by atoms with E-state index in [2.05, 4.69) is 13.8 Å². The van der Waals surface area contributed by atoms with Crippen molar-refractivity contribution in [1.29, 1.82) is 0 Å². The Morgan fingerprint density at radius 3 is 2.27 bits per heavy atom. The van der Waals surface area contributed by atoms with Gasteiger partial charge >= 0.3 is 10.1 Å². The van der Waals surface area contributed by atoms with E-state index in [1.165, 1.54) is 14.0 Å². The molecule has 0 N–H and O–H groups in total. The first-order chi connectivity index (χ1) is 11.9. The van der Waals surface area contributed by atoms with E-state index in [0.29, 0.717) is 24.8 Å². The molecule has 6 nitrogen and oxygen atoms in total. The molecule has 0 bridgehead atoms. The average Bonchev–Trinajstić information content (AvgIpc) is 2.52. The molecule has 148 valence electrons. The quantitative estimate of drug-likeness (QED) is 0.641. The van der Waals surface area contributed by atoms with Crippen LogP contribution in [0.2, 0.25) is 0 Å². The first kappa shape index (κ1) is 22.3. The van der Waals surface area contributed by atoms with Crippen molar-refractivity contribution in [3.8, 4) is 11.5 Å². The molecule has 0 unspecified atom stereocenters. The zero-order valence-electron chi connectivity index (χ0n) is 16.8. The zero-order valence-corrected chi connectivity index (χ0v) is 17.6. The number of hydrogen-bond donors (Lipinski definition) is 0. The Hall–Kier alpha value is -1.76. The minimum absolute atomic E-state index is 0.0469. The number of ether oxygens (including phenoxy) is 1. The molecule has 1 amide bonds. The number of carbonyl (C=O) groups excluding carboxylic acids is 1. The van der Waals surface area contributed by atoms with Gasteiger partial charge in [0.15, 0.2) is 11.5 Å². The van der Waals surface area contributed by atoms with Crippen LogP contribution in [-0.4, -0.2) is 38.6 Å². The van der Waals surface area contributed by atoms with E-state index in [4.69, 9.17) is 8.92 Å². The summed E-state index contributed by atoms with van der Waals surface area (Å²) in [6.07, 6.45) is 0. The molecule has 0 radical (unpaired) electrons. The monoisotopic (exact) mass is 385 g/mol. The van der Waals surface area contributed by atoms with Crippen molar-refractivity contribution in [2.45, 2.75) is 48.1 Å². The SMILES string of the molecule is CCS(=O)(=O)Oc1cc(CN(CC(C)C)C(=O)C(C)(C)C)ccc1OC. The molecule has 0 atom stereocenters. The van der Waals surface area contributed by atoms with Crippen LogP contribution >= 0.6 is 0 Å². The summed E-state index contributed by atoms with van der Waals surface area (Å²) in [4.78, 5) is 14.6. The second-order valence-corrected chi connectivity index (χ2v) is 9.60. The molecule has 0 aliphatic heterocycles. The Morgan fingerprint density at radius 2 is 1.81 bits per heavy atom. The average molecular weight is 386 g/mol. The van der Waals surface area contributed by atoms with Crippen molar-refractivity contribution in [3.05, 3.63) is 23.8 Å². The molecule has 1 aromatic carbocycles. The van der Waals surface area contributed by atoms with Crippen molar-refractivity contribution in [2.24, 2.45) is 11.3 Å². The first-order valence-corrected chi connectivity index (χ1v) is 10.4. The van der Waals surface area contributed by atoms with E-state index in [1.807, 2.05) is 26.8 Å². The van der Waals surface area contributed by atoms with E-state index in [9.17, 15) is 13.2 Å². The highest BCUT2D eigenvalue weighted by molar-refractivity contribution is 7.87. The number of nitrogens with zero attached hydrogens (tertiary/aromatic N) is 1. The van der Waals surface area contributed by atoms with E-state index in [0.717, 1.165) is 5.56 Å². The topological polar surface area (TPSA) is 72.9 Å². The fraction of sp³-hybridized carbons (Fsp3) is 0.632. The normalized spacial score (nSPS) is 12.2. The summed E-state index contributed by atoms with van der Waals surface area (Å²) in [5, 5.41) is 0. The molecule has 1 aromatic rings. The summed E-state index contributed by atoms with van der Waals surface area (Å²) >= 11 is 0. The third kappa shape index (κ3) is 6.52. The Labute approximate surface area is 157 Å². The number of amides is 1. The first-order valence-electron chi connectivity index (χ1n) is 8.78. The number of rotatable bonds is 8. The lowest BCUT2D eigenvalue weighted by molar-refractivity contribution is -0.140. The van der Waals surface area contributed by atoms with Crippen LogP contribution in [0.4, 0.5) is 0 Å². The van der Waals surface area contributed by atoms with Gasteiger partial charge in [0.05, 0.1) is 12.9 Å². The highest BCUT2D eigenvalue weighted by Gasteiger charge is 2.28. The van der Waals surface area contributed by atoms with E-state index < -0.39 is 15.5 Å². The van der Waals surface area contributed by atoms with Crippen LogP contribution in [0, 0.1) is 11.3 Å². The van der Waals surface area contributed by atoms with Gasteiger partial charge in [-0.1, -0.05) is 40.7 Å². The molecule has 0 aliphatic carbocycles. The third-order valence-corrected chi connectivity index (χ3v) is 4.83. The summed E-state index contributed by atoms with van der Waals surface area (Å²) in [5.41, 5.74) is 0.289. The summed E-state index contributed by atoms with van der Waals surface area (Å²) in [6, 6.07) is 5.09. The zero-order chi connectivity index (χ0) is 20.1. The van der Waals surface area contributed by atoms with Gasteiger partial charge in [0.25, 0.3) is 0 Å². The standard InChI is InChI=1S/C19H31NO5S/c1-8-26(22,23)25-17-11-15(9-10-16(17)24-7)13-20(12-14(2)3)18(21)19(4,5)6/h9-11,14H,8,12-13H2,1-7H3. The fourth-order valence-corrected chi connectivity index (χ4v) is 2.96. The van der Waals surface area contributed by atoms with Gasteiger partial charge < -0.3 is 13.8 Å². The molecular weight excluding hydrogens is 354 g/mol. The van der Waals surface area contributed by atoms with E-state index >= 15 is 0 Å². The molecule has 0 aliphatic rings. The molecule has 0 heterocycles. The van der Waals surface area contributed by atoms with Gasteiger partial charge in [-0.2, -0.15) is 8.42 Å². The van der Waals surface area contributed by atoms with Gasteiger partial charge in [0, 0.05) is 18.5 Å². The van der Waals surface area contributed by atoms with Crippen molar-refractivity contribution >= 4 is 16.0 Å². The Morgan fingerprint density at radius 1 is 1.19 bits per heavy atom. The van der Waals surface area contributed by atoms with Gasteiger partial charge in [-0.25, -0.2) is 0 Å². The second-order valence-electron chi connectivity index (χ2n) is 7.74. The van der Waals surface area contributed by atoms with Crippen molar-refractivity contribution in [2.75, 3.05) is 19.4 Å². The number of methoxy groups -OCH3 is 1. The van der Waals surface area contributed by atoms with Crippen LogP contribution in [0.15, 0.2) is 18.2 Å². The van der Waals surface area contributed by atoms with Crippen LogP contribution in [-0.2, 0) is 21.5 Å². The summed E-state index contributed by atoms with van der Waals surface area (Å²) in [6.45, 7) is 12.3. The van der Waals surface area contributed by atoms with Gasteiger partial charge in [-0.05, 0) is 30.5 Å². The van der Waals surface area contributed by atoms with Crippen LogP contribution in [0.5, 0.6) is 11.5 Å².